The van der Waals surface area contributed by atoms with Gasteiger partial charge in [-0.3, -0.25) is 4.79 Å². The van der Waals surface area contributed by atoms with Gasteiger partial charge in [-0.15, -0.1) is 0 Å². The number of nitrogens with one attached hydrogen (secondary N) is 1. The molecule has 0 heterocycles. The Labute approximate surface area is 126 Å². The van der Waals surface area contributed by atoms with Gasteiger partial charge < -0.3 is 15.3 Å². The molecule has 2 N–H and O–H groups in total. The molecule has 0 aliphatic rings. The molecule has 1 rings (SSSR count). The number of hydrogen-bond donors (Lipinski definition) is 2. The van der Waals surface area contributed by atoms with E-state index < -0.39 is 12.0 Å². The van der Waals surface area contributed by atoms with Crippen LogP contribution in [-0.4, -0.2) is 34.6 Å². The van der Waals surface area contributed by atoms with E-state index in [2.05, 4.69) is 5.32 Å². The number of benzene rings is 1. The molecule has 0 saturated carbocycles. The van der Waals surface area contributed by atoms with Crippen LogP contribution in [0.15, 0.2) is 30.3 Å². The number of aliphatic carboxylic acids is 1. The number of carboxylic acids is 1. The van der Waals surface area contributed by atoms with Gasteiger partial charge in [0.2, 0.25) is 0 Å². The monoisotopic (exact) mass is 292 g/mol. The smallest absolute Gasteiger partial charge is 0.318 e. The summed E-state index contributed by atoms with van der Waals surface area (Å²) in [6.07, 6.45) is 0.669. The first-order valence-corrected chi connectivity index (χ1v) is 7.09. The van der Waals surface area contributed by atoms with Crippen LogP contribution in [0, 0.1) is 0 Å². The molecule has 5 heteroatoms. The Bertz CT molecular complexity index is 486. The van der Waals surface area contributed by atoms with E-state index in [1.165, 1.54) is 0 Å². The predicted molar refractivity (Wildman–Crippen MR) is 82.1 cm³/mol. The number of amides is 2. The Morgan fingerprint density at radius 3 is 2.33 bits per heavy atom. The molecule has 116 valence electrons. The summed E-state index contributed by atoms with van der Waals surface area (Å²) in [4.78, 5) is 25.0. The fraction of sp³-hybridized carbons (Fsp3) is 0.500. The summed E-state index contributed by atoms with van der Waals surface area (Å²) in [7, 11) is 1.72. The van der Waals surface area contributed by atoms with Crippen LogP contribution in [-0.2, 0) is 4.79 Å². The number of carboxylic acid groups (broad SMARTS) is 1. The van der Waals surface area contributed by atoms with Crippen molar-refractivity contribution in [2.24, 2.45) is 0 Å². The van der Waals surface area contributed by atoms with E-state index in [0.717, 1.165) is 12.0 Å². The minimum absolute atomic E-state index is 0.143. The maximum Gasteiger partial charge on any atom is 0.318 e. The van der Waals surface area contributed by atoms with Gasteiger partial charge in [-0.2, -0.15) is 0 Å². The molecule has 5 nitrogen and oxygen atoms in total. The molecular formula is C16H24N2O3. The van der Waals surface area contributed by atoms with Crippen LogP contribution in [0.5, 0.6) is 0 Å². The molecule has 0 radical (unpaired) electrons. The van der Waals surface area contributed by atoms with E-state index in [9.17, 15) is 9.59 Å². The summed E-state index contributed by atoms with van der Waals surface area (Å²) >= 11 is 0. The topological polar surface area (TPSA) is 69.6 Å². The second-order valence-electron chi connectivity index (χ2n) is 5.74. The molecule has 21 heavy (non-hydrogen) atoms. The number of hydrogen-bond acceptors (Lipinski definition) is 2. The molecule has 1 atom stereocenters. The van der Waals surface area contributed by atoms with Gasteiger partial charge in [0.05, 0.1) is 12.5 Å². The lowest BCUT2D eigenvalue weighted by atomic mass is 10.00. The van der Waals surface area contributed by atoms with Gasteiger partial charge in [0, 0.05) is 12.6 Å². The lowest BCUT2D eigenvalue weighted by Gasteiger charge is -2.35. The summed E-state index contributed by atoms with van der Waals surface area (Å²) < 4.78 is 0. The molecule has 0 spiro atoms. The van der Waals surface area contributed by atoms with Gasteiger partial charge in [0.25, 0.3) is 0 Å². The van der Waals surface area contributed by atoms with Crippen LogP contribution in [0.1, 0.15) is 45.2 Å². The lowest BCUT2D eigenvalue weighted by molar-refractivity contribution is -0.137. The van der Waals surface area contributed by atoms with E-state index >= 15 is 0 Å². The van der Waals surface area contributed by atoms with Crippen LogP contribution >= 0.6 is 0 Å². The largest absolute Gasteiger partial charge is 0.481 e. The highest BCUT2D eigenvalue weighted by molar-refractivity contribution is 5.76. The Hall–Kier alpha value is -2.04. The van der Waals surface area contributed by atoms with Gasteiger partial charge in [0.15, 0.2) is 0 Å². The summed E-state index contributed by atoms with van der Waals surface area (Å²) in [6.45, 7) is 5.96. The quantitative estimate of drug-likeness (QED) is 0.846. The van der Waals surface area contributed by atoms with Crippen molar-refractivity contribution in [1.82, 2.24) is 10.2 Å². The van der Waals surface area contributed by atoms with Crippen molar-refractivity contribution >= 4 is 12.0 Å². The normalized spacial score (nSPS) is 12.6. The van der Waals surface area contributed by atoms with Crippen LogP contribution in [0.3, 0.4) is 0 Å². The first-order chi connectivity index (χ1) is 9.77. The summed E-state index contributed by atoms with van der Waals surface area (Å²) in [5.41, 5.74) is 0.505. The minimum Gasteiger partial charge on any atom is -0.481 e. The third-order valence-electron chi connectivity index (χ3n) is 3.96. The Balaban J connectivity index is 2.87. The zero-order valence-electron chi connectivity index (χ0n) is 13.1. The molecule has 1 aromatic carbocycles. The van der Waals surface area contributed by atoms with Crippen molar-refractivity contribution in [2.75, 3.05) is 7.05 Å². The molecule has 2 amide bonds. The van der Waals surface area contributed by atoms with Crippen molar-refractivity contribution in [3.63, 3.8) is 0 Å². The fourth-order valence-corrected chi connectivity index (χ4v) is 1.87. The highest BCUT2D eigenvalue weighted by Gasteiger charge is 2.28. The molecule has 1 unspecified atom stereocenters. The number of rotatable bonds is 6. The van der Waals surface area contributed by atoms with E-state index in [1.54, 1.807) is 11.9 Å². The van der Waals surface area contributed by atoms with Crippen LogP contribution in [0.4, 0.5) is 4.79 Å². The molecule has 0 saturated heterocycles. The van der Waals surface area contributed by atoms with E-state index in [4.69, 9.17) is 5.11 Å². The van der Waals surface area contributed by atoms with Crippen LogP contribution in [0.2, 0.25) is 0 Å². The fourth-order valence-electron chi connectivity index (χ4n) is 1.87. The van der Waals surface area contributed by atoms with Gasteiger partial charge in [-0.05, 0) is 25.8 Å². The Morgan fingerprint density at radius 1 is 1.29 bits per heavy atom. The number of carbonyl (C=O) groups excluding carboxylic acids is 1. The molecule has 0 aliphatic carbocycles. The predicted octanol–water partition coefficient (Wildman–Crippen LogP) is 3.03. The lowest BCUT2D eigenvalue weighted by Crippen LogP contribution is -2.50. The zero-order valence-corrected chi connectivity index (χ0v) is 13.1. The van der Waals surface area contributed by atoms with Gasteiger partial charge in [0.1, 0.15) is 0 Å². The standard InChI is InChI=1S/C16H24N2O3/c1-5-16(2,3)18(4)15(21)17-13(11-14(19)20)12-9-7-6-8-10-12/h6-10,13H,5,11H2,1-4H3,(H,17,21)(H,19,20). The average Bonchev–Trinajstić information content (AvgIpc) is 2.46. The molecule has 0 bridgehead atoms. The van der Waals surface area contributed by atoms with Crippen LogP contribution < -0.4 is 5.32 Å². The minimum atomic E-state index is -0.943. The third kappa shape index (κ3) is 4.77. The second-order valence-corrected chi connectivity index (χ2v) is 5.74. The van der Waals surface area contributed by atoms with Crippen molar-refractivity contribution in [3.05, 3.63) is 35.9 Å². The highest BCUT2D eigenvalue weighted by Crippen LogP contribution is 2.20. The highest BCUT2D eigenvalue weighted by atomic mass is 16.4. The summed E-state index contributed by atoms with van der Waals surface area (Å²) in [5, 5.41) is 11.8. The number of carbonyl (C=O) groups is 2. The molecule has 1 aromatic rings. The van der Waals surface area contributed by atoms with Crippen molar-refractivity contribution in [2.45, 2.75) is 45.2 Å². The van der Waals surface area contributed by atoms with E-state index in [0.29, 0.717) is 0 Å². The first kappa shape index (κ1) is 17.0. The Morgan fingerprint density at radius 2 is 1.86 bits per heavy atom. The summed E-state index contributed by atoms with van der Waals surface area (Å²) in [6, 6.07) is 8.35. The SMILES string of the molecule is CCC(C)(C)N(C)C(=O)NC(CC(=O)O)c1ccccc1. The van der Waals surface area contributed by atoms with E-state index in [-0.39, 0.29) is 18.0 Å². The maximum atomic E-state index is 12.3. The molecule has 0 aliphatic heterocycles. The van der Waals surface area contributed by atoms with Crippen molar-refractivity contribution < 1.29 is 14.7 Å². The molecular weight excluding hydrogens is 268 g/mol. The van der Waals surface area contributed by atoms with Crippen LogP contribution in [0.25, 0.3) is 0 Å². The summed E-state index contributed by atoms with van der Waals surface area (Å²) in [5.74, 6) is -0.943. The number of urea groups is 1. The van der Waals surface area contributed by atoms with Crippen molar-refractivity contribution in [3.8, 4) is 0 Å². The average molecular weight is 292 g/mol. The number of nitrogens with zero attached hydrogens (tertiary/aromatic N) is 1. The zero-order chi connectivity index (χ0) is 16.0. The van der Waals surface area contributed by atoms with Gasteiger partial charge in [-0.1, -0.05) is 37.3 Å². The first-order valence-electron chi connectivity index (χ1n) is 7.09. The molecule has 0 fully saturated rings. The second kappa shape index (κ2) is 7.11. The molecule has 0 aromatic heterocycles. The van der Waals surface area contributed by atoms with Crippen molar-refractivity contribution in [1.29, 1.82) is 0 Å². The van der Waals surface area contributed by atoms with E-state index in [1.807, 2.05) is 51.1 Å². The van der Waals surface area contributed by atoms with Gasteiger partial charge in [-0.25, -0.2) is 4.79 Å². The third-order valence-corrected chi connectivity index (χ3v) is 3.96. The maximum absolute atomic E-state index is 12.3. The van der Waals surface area contributed by atoms with Gasteiger partial charge >= 0.3 is 12.0 Å². The Kier molecular flexibility index (Phi) is 5.76.